The van der Waals surface area contributed by atoms with Crippen molar-refractivity contribution in [3.63, 3.8) is 0 Å². The fourth-order valence-electron chi connectivity index (χ4n) is 3.15. The molecule has 2 unspecified atom stereocenters. The Bertz CT molecular complexity index is 924. The molecule has 2 N–H and O–H groups in total. The van der Waals surface area contributed by atoms with E-state index in [1.165, 1.54) is 0 Å². The molecule has 0 radical (unpaired) electrons. The number of thioether (sulfide) groups is 1. The van der Waals surface area contributed by atoms with Crippen LogP contribution in [0.4, 0.5) is 0 Å². The van der Waals surface area contributed by atoms with Crippen LogP contribution in [-0.2, 0) is 4.79 Å². The third kappa shape index (κ3) is 5.52. The summed E-state index contributed by atoms with van der Waals surface area (Å²) in [7, 11) is 5.68. The Morgan fingerprint density at radius 2 is 2.03 bits per heavy atom. The van der Waals surface area contributed by atoms with Crippen molar-refractivity contribution in [2.45, 2.75) is 18.2 Å². The minimum Gasteiger partial charge on any atom is -0.497 e. The Labute approximate surface area is 176 Å². The van der Waals surface area contributed by atoms with E-state index in [0.717, 1.165) is 28.2 Å². The highest BCUT2D eigenvalue weighted by Crippen LogP contribution is 2.27. The Morgan fingerprint density at radius 1 is 1.24 bits per heavy atom. The summed E-state index contributed by atoms with van der Waals surface area (Å²) in [5, 5.41) is 3.17. The van der Waals surface area contributed by atoms with Gasteiger partial charge in [-0.1, -0.05) is 24.3 Å². The molecule has 0 saturated heterocycles. The molecule has 0 aliphatic heterocycles. The van der Waals surface area contributed by atoms with Gasteiger partial charge in [0.2, 0.25) is 5.91 Å². The van der Waals surface area contributed by atoms with Gasteiger partial charge < -0.3 is 19.9 Å². The molecule has 0 fully saturated rings. The molecule has 0 aliphatic rings. The highest BCUT2D eigenvalue weighted by molar-refractivity contribution is 8.00. The van der Waals surface area contributed by atoms with Gasteiger partial charge >= 0.3 is 0 Å². The van der Waals surface area contributed by atoms with Crippen LogP contribution in [0.15, 0.2) is 48.5 Å². The summed E-state index contributed by atoms with van der Waals surface area (Å²) in [6.45, 7) is 2.60. The van der Waals surface area contributed by atoms with Gasteiger partial charge in [-0.2, -0.15) is 0 Å². The van der Waals surface area contributed by atoms with Crippen molar-refractivity contribution in [1.29, 1.82) is 0 Å². The first-order chi connectivity index (χ1) is 14.0. The van der Waals surface area contributed by atoms with E-state index in [-0.39, 0.29) is 17.2 Å². The van der Waals surface area contributed by atoms with E-state index in [1.54, 1.807) is 18.9 Å². The van der Waals surface area contributed by atoms with Gasteiger partial charge in [0, 0.05) is 6.54 Å². The summed E-state index contributed by atoms with van der Waals surface area (Å²) in [5.41, 5.74) is 3.08. The number of nitrogens with zero attached hydrogens (tertiary/aromatic N) is 2. The number of methoxy groups -OCH3 is 1. The van der Waals surface area contributed by atoms with Crippen LogP contribution in [0.2, 0.25) is 0 Å². The normalized spacial score (nSPS) is 13.4. The van der Waals surface area contributed by atoms with E-state index in [9.17, 15) is 4.79 Å². The van der Waals surface area contributed by atoms with E-state index in [0.29, 0.717) is 12.3 Å². The number of hydrogen-bond acceptors (Lipinski definition) is 5. The van der Waals surface area contributed by atoms with Crippen molar-refractivity contribution in [2.75, 3.05) is 33.5 Å². The van der Waals surface area contributed by atoms with E-state index < -0.39 is 0 Å². The first-order valence-electron chi connectivity index (χ1n) is 9.61. The number of benzene rings is 2. The lowest BCUT2D eigenvalue weighted by molar-refractivity contribution is -0.118. The fraction of sp³-hybridized carbons (Fsp3) is 0.364. The van der Waals surface area contributed by atoms with Gasteiger partial charge in [0.15, 0.2) is 0 Å². The number of amides is 1. The third-order valence-corrected chi connectivity index (χ3v) is 6.00. The van der Waals surface area contributed by atoms with Crippen LogP contribution in [0.1, 0.15) is 29.6 Å². The quantitative estimate of drug-likeness (QED) is 0.560. The van der Waals surface area contributed by atoms with Crippen molar-refractivity contribution in [1.82, 2.24) is 20.2 Å². The molecule has 2 aromatic carbocycles. The average Bonchev–Trinajstić information content (AvgIpc) is 3.16. The summed E-state index contributed by atoms with van der Waals surface area (Å²) >= 11 is 1.58. The second-order valence-corrected chi connectivity index (χ2v) is 8.48. The maximum Gasteiger partial charge on any atom is 0.230 e. The minimum absolute atomic E-state index is 0.0210. The number of likely N-dealkylation sites (N-methyl/N-ethyl adjacent to an activating group) is 1. The monoisotopic (exact) mass is 412 g/mol. The number of hydrogen-bond donors (Lipinski definition) is 2. The van der Waals surface area contributed by atoms with E-state index in [2.05, 4.69) is 33.2 Å². The largest absolute Gasteiger partial charge is 0.497 e. The molecule has 0 bridgehead atoms. The minimum atomic E-state index is 0.0210. The topological polar surface area (TPSA) is 70.2 Å². The van der Waals surface area contributed by atoms with Crippen LogP contribution in [0.5, 0.6) is 5.75 Å². The molecule has 7 heteroatoms. The van der Waals surface area contributed by atoms with E-state index >= 15 is 0 Å². The standard InChI is InChI=1S/C22H28N4O2S/c1-15(22-24-18-10-5-6-11-19(18)25-22)29-14-21(27)23-13-20(26(2)3)16-8-7-9-17(12-16)28-4/h5-12,15,20H,13-14H2,1-4H3,(H,23,27)(H,24,25). The molecule has 2 atom stereocenters. The lowest BCUT2D eigenvalue weighted by Gasteiger charge is -2.25. The number of carbonyl (C=O) groups is 1. The highest BCUT2D eigenvalue weighted by Gasteiger charge is 2.17. The number of carbonyl (C=O) groups excluding carboxylic acids is 1. The molecular formula is C22H28N4O2S. The number of H-pyrrole nitrogens is 1. The Balaban J connectivity index is 1.53. The van der Waals surface area contributed by atoms with E-state index in [1.807, 2.05) is 56.6 Å². The number of para-hydroxylation sites is 2. The second-order valence-electron chi connectivity index (χ2n) is 7.15. The Hall–Kier alpha value is -2.51. The van der Waals surface area contributed by atoms with Gasteiger partial charge in [0.25, 0.3) is 0 Å². The van der Waals surface area contributed by atoms with Crippen LogP contribution < -0.4 is 10.1 Å². The summed E-state index contributed by atoms with van der Waals surface area (Å²) in [5.74, 6) is 2.12. The van der Waals surface area contributed by atoms with Crippen LogP contribution in [-0.4, -0.2) is 54.3 Å². The summed E-state index contributed by atoms with van der Waals surface area (Å²) in [6.07, 6.45) is 0. The van der Waals surface area contributed by atoms with Crippen LogP contribution in [0.3, 0.4) is 0 Å². The number of imidazole rings is 1. The lowest BCUT2D eigenvalue weighted by atomic mass is 10.1. The van der Waals surface area contributed by atoms with Gasteiger partial charge in [-0.3, -0.25) is 4.79 Å². The molecular weight excluding hydrogens is 384 g/mol. The molecule has 1 aromatic heterocycles. The summed E-state index contributed by atoms with van der Waals surface area (Å²) in [6, 6.07) is 16.0. The van der Waals surface area contributed by atoms with Crippen molar-refractivity contribution >= 4 is 28.7 Å². The van der Waals surface area contributed by atoms with Gasteiger partial charge in [-0.05, 0) is 50.8 Å². The Kier molecular flexibility index (Phi) is 7.17. The zero-order chi connectivity index (χ0) is 20.8. The number of nitrogens with one attached hydrogen (secondary N) is 2. The zero-order valence-corrected chi connectivity index (χ0v) is 18.1. The Morgan fingerprint density at radius 3 is 2.76 bits per heavy atom. The smallest absolute Gasteiger partial charge is 0.230 e. The van der Waals surface area contributed by atoms with Crippen molar-refractivity contribution in [3.8, 4) is 5.75 Å². The average molecular weight is 413 g/mol. The highest BCUT2D eigenvalue weighted by atomic mass is 32.2. The predicted octanol–water partition coefficient (Wildman–Crippen LogP) is 3.78. The van der Waals surface area contributed by atoms with Gasteiger partial charge in [0.1, 0.15) is 11.6 Å². The van der Waals surface area contributed by atoms with Crippen LogP contribution in [0, 0.1) is 0 Å². The van der Waals surface area contributed by atoms with Gasteiger partial charge in [-0.25, -0.2) is 4.98 Å². The summed E-state index contributed by atoms with van der Waals surface area (Å²) < 4.78 is 5.32. The molecule has 1 amide bonds. The molecule has 3 aromatic rings. The number of aromatic nitrogens is 2. The third-order valence-electron chi connectivity index (χ3n) is 4.85. The predicted molar refractivity (Wildman–Crippen MR) is 119 cm³/mol. The number of rotatable bonds is 9. The second kappa shape index (κ2) is 9.80. The number of aromatic amines is 1. The van der Waals surface area contributed by atoms with Gasteiger partial charge in [-0.15, -0.1) is 11.8 Å². The van der Waals surface area contributed by atoms with Crippen LogP contribution >= 0.6 is 11.8 Å². The van der Waals surface area contributed by atoms with Crippen molar-refractivity contribution in [3.05, 3.63) is 59.9 Å². The first-order valence-corrected chi connectivity index (χ1v) is 10.7. The van der Waals surface area contributed by atoms with Crippen molar-refractivity contribution < 1.29 is 9.53 Å². The van der Waals surface area contributed by atoms with Crippen molar-refractivity contribution in [2.24, 2.45) is 0 Å². The van der Waals surface area contributed by atoms with Crippen LogP contribution in [0.25, 0.3) is 11.0 Å². The molecule has 0 saturated carbocycles. The molecule has 1 heterocycles. The van der Waals surface area contributed by atoms with Gasteiger partial charge in [0.05, 0.1) is 35.2 Å². The molecule has 3 rings (SSSR count). The zero-order valence-electron chi connectivity index (χ0n) is 17.3. The van der Waals surface area contributed by atoms with E-state index in [4.69, 9.17) is 4.74 Å². The first kappa shape index (κ1) is 21.2. The maximum atomic E-state index is 12.4. The summed E-state index contributed by atoms with van der Waals surface area (Å²) in [4.78, 5) is 22.5. The number of fused-ring (bicyclic) bond motifs is 1. The molecule has 29 heavy (non-hydrogen) atoms. The molecule has 6 nitrogen and oxygen atoms in total. The molecule has 0 aliphatic carbocycles. The molecule has 154 valence electrons. The lowest BCUT2D eigenvalue weighted by Crippen LogP contribution is -2.35. The number of ether oxygens (including phenoxy) is 1. The SMILES string of the molecule is COc1cccc(C(CNC(=O)CSC(C)c2nc3ccccc3[nH]2)N(C)C)c1. The fourth-order valence-corrected chi connectivity index (χ4v) is 3.93. The maximum absolute atomic E-state index is 12.4. The molecule has 0 spiro atoms.